The molecule has 1 aromatic heterocycles. The van der Waals surface area contributed by atoms with E-state index in [1.807, 2.05) is 13.8 Å². The Morgan fingerprint density at radius 3 is 2.38 bits per heavy atom. The summed E-state index contributed by atoms with van der Waals surface area (Å²) in [7, 11) is 0. The number of alkyl halides is 3. The van der Waals surface area contributed by atoms with E-state index in [0.29, 0.717) is 39.3 Å². The Bertz CT molecular complexity index is 642. The molecule has 3 heterocycles. The molecule has 2 aliphatic heterocycles. The SMILES string of the molecule is CC1(C)CNC[C@@H](C(=O)N2CCN(c3ncc(C(F)(F)F)cn3)CC2)O1. The van der Waals surface area contributed by atoms with Crippen LogP contribution in [-0.4, -0.2) is 71.7 Å². The summed E-state index contributed by atoms with van der Waals surface area (Å²) >= 11 is 0. The van der Waals surface area contributed by atoms with Gasteiger partial charge in [0.2, 0.25) is 5.95 Å². The summed E-state index contributed by atoms with van der Waals surface area (Å²) in [6.07, 6.45) is -3.41. The zero-order valence-corrected chi connectivity index (χ0v) is 14.7. The number of anilines is 1. The van der Waals surface area contributed by atoms with Gasteiger partial charge in [-0.05, 0) is 13.8 Å². The lowest BCUT2D eigenvalue weighted by atomic mass is 10.1. The number of morpholine rings is 1. The van der Waals surface area contributed by atoms with E-state index in [0.717, 1.165) is 12.4 Å². The quantitative estimate of drug-likeness (QED) is 0.831. The van der Waals surface area contributed by atoms with Crippen LogP contribution in [0.4, 0.5) is 19.1 Å². The Hall–Kier alpha value is -1.94. The van der Waals surface area contributed by atoms with Gasteiger partial charge in [-0.3, -0.25) is 4.79 Å². The van der Waals surface area contributed by atoms with Crippen molar-refractivity contribution in [2.24, 2.45) is 0 Å². The monoisotopic (exact) mass is 373 g/mol. The molecular formula is C16H22F3N5O2. The fourth-order valence-electron chi connectivity index (χ4n) is 3.07. The maximum absolute atomic E-state index is 12.6. The van der Waals surface area contributed by atoms with Crippen molar-refractivity contribution in [1.82, 2.24) is 20.2 Å². The molecule has 1 amide bonds. The molecule has 26 heavy (non-hydrogen) atoms. The summed E-state index contributed by atoms with van der Waals surface area (Å²) in [5, 5.41) is 3.20. The minimum absolute atomic E-state index is 0.0711. The second-order valence-corrected chi connectivity index (χ2v) is 7.08. The Balaban J connectivity index is 1.56. The van der Waals surface area contributed by atoms with Crippen molar-refractivity contribution in [2.75, 3.05) is 44.2 Å². The van der Waals surface area contributed by atoms with Crippen LogP contribution in [0.15, 0.2) is 12.4 Å². The number of nitrogens with zero attached hydrogens (tertiary/aromatic N) is 4. The van der Waals surface area contributed by atoms with Crippen molar-refractivity contribution >= 4 is 11.9 Å². The molecular weight excluding hydrogens is 351 g/mol. The lowest BCUT2D eigenvalue weighted by Crippen LogP contribution is -2.59. The molecule has 0 radical (unpaired) electrons. The molecule has 1 atom stereocenters. The predicted octanol–water partition coefficient (Wildman–Crippen LogP) is 0.911. The van der Waals surface area contributed by atoms with Crippen LogP contribution in [0.25, 0.3) is 0 Å². The standard InChI is InChI=1S/C16H22F3N5O2/c1-15(2)10-20-9-12(26-15)13(25)23-3-5-24(6-4-23)14-21-7-11(8-22-14)16(17,18)19/h7-8,12,20H,3-6,9-10H2,1-2H3/t12-/m0/s1. The van der Waals surface area contributed by atoms with E-state index < -0.39 is 23.4 Å². The molecule has 2 aliphatic rings. The van der Waals surface area contributed by atoms with Gasteiger partial charge >= 0.3 is 6.18 Å². The van der Waals surface area contributed by atoms with E-state index in [4.69, 9.17) is 4.74 Å². The summed E-state index contributed by atoms with van der Waals surface area (Å²) in [5.74, 6) is 0.167. The zero-order valence-electron chi connectivity index (χ0n) is 14.7. The Morgan fingerprint density at radius 1 is 1.23 bits per heavy atom. The average Bonchev–Trinajstić information content (AvgIpc) is 2.60. The zero-order chi connectivity index (χ0) is 18.9. The first-order valence-corrected chi connectivity index (χ1v) is 8.47. The molecule has 3 rings (SSSR count). The van der Waals surface area contributed by atoms with Crippen LogP contribution in [-0.2, 0) is 15.7 Å². The van der Waals surface area contributed by atoms with E-state index in [-0.39, 0.29) is 11.9 Å². The molecule has 10 heteroatoms. The molecule has 0 unspecified atom stereocenters. The van der Waals surface area contributed by atoms with Crippen molar-refractivity contribution in [1.29, 1.82) is 0 Å². The first kappa shape index (κ1) is 18.8. The molecule has 0 bridgehead atoms. The third-order valence-corrected chi connectivity index (χ3v) is 4.46. The topological polar surface area (TPSA) is 70.6 Å². The second kappa shape index (κ2) is 6.99. The van der Waals surface area contributed by atoms with Gasteiger partial charge in [-0.15, -0.1) is 0 Å². The molecule has 0 saturated carbocycles. The van der Waals surface area contributed by atoms with E-state index >= 15 is 0 Å². The number of carbonyl (C=O) groups excluding carboxylic acids is 1. The minimum atomic E-state index is -4.45. The Labute approximate surface area is 149 Å². The van der Waals surface area contributed by atoms with Gasteiger partial charge in [0.1, 0.15) is 6.10 Å². The van der Waals surface area contributed by atoms with Gasteiger partial charge in [0.25, 0.3) is 5.91 Å². The van der Waals surface area contributed by atoms with Crippen molar-refractivity contribution in [3.63, 3.8) is 0 Å². The molecule has 2 fully saturated rings. The van der Waals surface area contributed by atoms with Gasteiger partial charge in [-0.1, -0.05) is 0 Å². The molecule has 2 saturated heterocycles. The number of hydrogen-bond donors (Lipinski definition) is 1. The molecule has 0 spiro atoms. The fraction of sp³-hybridized carbons (Fsp3) is 0.688. The van der Waals surface area contributed by atoms with Crippen LogP contribution in [0, 0.1) is 0 Å². The van der Waals surface area contributed by atoms with E-state index in [9.17, 15) is 18.0 Å². The molecule has 1 N–H and O–H groups in total. The summed E-state index contributed by atoms with van der Waals surface area (Å²) in [4.78, 5) is 23.7. The van der Waals surface area contributed by atoms with Crippen molar-refractivity contribution in [3.05, 3.63) is 18.0 Å². The third-order valence-electron chi connectivity index (χ3n) is 4.46. The molecule has 0 aliphatic carbocycles. The highest BCUT2D eigenvalue weighted by atomic mass is 19.4. The summed E-state index contributed by atoms with van der Waals surface area (Å²) < 4.78 is 43.6. The van der Waals surface area contributed by atoms with Crippen LogP contribution in [0.5, 0.6) is 0 Å². The minimum Gasteiger partial charge on any atom is -0.360 e. The van der Waals surface area contributed by atoms with Gasteiger partial charge in [0.05, 0.1) is 11.2 Å². The molecule has 7 nitrogen and oxygen atoms in total. The third kappa shape index (κ3) is 4.24. The van der Waals surface area contributed by atoms with Gasteiger partial charge in [0, 0.05) is 51.7 Å². The van der Waals surface area contributed by atoms with Crippen LogP contribution >= 0.6 is 0 Å². The molecule has 144 valence electrons. The van der Waals surface area contributed by atoms with Gasteiger partial charge in [0.15, 0.2) is 0 Å². The van der Waals surface area contributed by atoms with Crippen molar-refractivity contribution < 1.29 is 22.7 Å². The van der Waals surface area contributed by atoms with Crippen LogP contribution in [0.3, 0.4) is 0 Å². The first-order valence-electron chi connectivity index (χ1n) is 8.47. The summed E-state index contributed by atoms with van der Waals surface area (Å²) in [6.45, 7) is 6.84. The van der Waals surface area contributed by atoms with E-state index in [1.165, 1.54) is 0 Å². The number of halogens is 3. The molecule has 0 aromatic carbocycles. The highest BCUT2D eigenvalue weighted by Crippen LogP contribution is 2.28. The van der Waals surface area contributed by atoms with Crippen LogP contribution < -0.4 is 10.2 Å². The number of ether oxygens (including phenoxy) is 1. The number of rotatable bonds is 2. The first-order chi connectivity index (χ1) is 12.2. The maximum Gasteiger partial charge on any atom is 0.419 e. The highest BCUT2D eigenvalue weighted by molar-refractivity contribution is 5.81. The largest absolute Gasteiger partial charge is 0.419 e. The molecule has 1 aromatic rings. The fourth-order valence-corrected chi connectivity index (χ4v) is 3.07. The van der Waals surface area contributed by atoms with E-state index in [1.54, 1.807) is 9.80 Å². The number of carbonyl (C=O) groups is 1. The van der Waals surface area contributed by atoms with E-state index in [2.05, 4.69) is 15.3 Å². The maximum atomic E-state index is 12.6. The predicted molar refractivity (Wildman–Crippen MR) is 87.6 cm³/mol. The lowest BCUT2D eigenvalue weighted by Gasteiger charge is -2.40. The average molecular weight is 373 g/mol. The summed E-state index contributed by atoms with van der Waals surface area (Å²) in [6, 6.07) is 0. The Kier molecular flexibility index (Phi) is 5.07. The number of amides is 1. The highest BCUT2D eigenvalue weighted by Gasteiger charge is 2.36. The number of nitrogens with one attached hydrogen (secondary N) is 1. The lowest BCUT2D eigenvalue weighted by molar-refractivity contribution is -0.159. The van der Waals surface area contributed by atoms with Crippen molar-refractivity contribution in [3.8, 4) is 0 Å². The summed E-state index contributed by atoms with van der Waals surface area (Å²) in [5.41, 5.74) is -1.27. The second-order valence-electron chi connectivity index (χ2n) is 7.08. The number of aromatic nitrogens is 2. The van der Waals surface area contributed by atoms with Crippen molar-refractivity contribution in [2.45, 2.75) is 31.7 Å². The van der Waals surface area contributed by atoms with Gasteiger partial charge < -0.3 is 19.9 Å². The van der Waals surface area contributed by atoms with Gasteiger partial charge in [-0.2, -0.15) is 13.2 Å². The normalized spacial score (nSPS) is 23.8. The number of piperazine rings is 1. The number of hydrogen-bond acceptors (Lipinski definition) is 6. The smallest absolute Gasteiger partial charge is 0.360 e. The van der Waals surface area contributed by atoms with Crippen LogP contribution in [0.2, 0.25) is 0 Å². The van der Waals surface area contributed by atoms with Crippen LogP contribution in [0.1, 0.15) is 19.4 Å². The Morgan fingerprint density at radius 2 is 1.85 bits per heavy atom. The van der Waals surface area contributed by atoms with Gasteiger partial charge in [-0.25, -0.2) is 9.97 Å².